The highest BCUT2D eigenvalue weighted by Crippen LogP contribution is 2.14. The maximum Gasteiger partial charge on any atom is 0.251 e. The lowest BCUT2D eigenvalue weighted by molar-refractivity contribution is -0.120. The summed E-state index contributed by atoms with van der Waals surface area (Å²) < 4.78 is 10.7. The zero-order valence-electron chi connectivity index (χ0n) is 13.9. The summed E-state index contributed by atoms with van der Waals surface area (Å²) in [6.07, 6.45) is 1.54. The van der Waals surface area contributed by atoms with Crippen molar-refractivity contribution in [3.63, 3.8) is 0 Å². The van der Waals surface area contributed by atoms with Gasteiger partial charge in [0.2, 0.25) is 5.91 Å². The van der Waals surface area contributed by atoms with Crippen LogP contribution in [-0.4, -0.2) is 25.0 Å². The van der Waals surface area contributed by atoms with Crippen LogP contribution in [0, 0.1) is 5.92 Å². The van der Waals surface area contributed by atoms with Gasteiger partial charge in [0, 0.05) is 5.56 Å². The summed E-state index contributed by atoms with van der Waals surface area (Å²) in [4.78, 5) is 23.8. The Morgan fingerprint density at radius 3 is 2.71 bits per heavy atom. The third kappa shape index (κ3) is 5.79. The Labute approximate surface area is 141 Å². The average Bonchev–Trinajstić information content (AvgIpc) is 3.09. The fraction of sp³-hybridized carbons (Fsp3) is 0.333. The highest BCUT2D eigenvalue weighted by molar-refractivity contribution is 5.96. The summed E-state index contributed by atoms with van der Waals surface area (Å²) in [5, 5.41) is 5.25. The summed E-state index contributed by atoms with van der Waals surface area (Å²) in [6.45, 7) is 4.88. The van der Waals surface area contributed by atoms with Gasteiger partial charge in [-0.15, -0.1) is 0 Å². The molecule has 0 atom stereocenters. The van der Waals surface area contributed by atoms with E-state index in [0.29, 0.717) is 36.1 Å². The molecule has 6 heteroatoms. The number of carbonyl (C=O) groups excluding carboxylic acids is 2. The molecule has 0 saturated carbocycles. The zero-order valence-corrected chi connectivity index (χ0v) is 13.9. The van der Waals surface area contributed by atoms with E-state index < -0.39 is 0 Å². The SMILES string of the molecule is CC(C)COc1cccc(C(=O)NCC(=O)NCc2ccco2)c1. The van der Waals surface area contributed by atoms with Crippen molar-refractivity contribution in [3.8, 4) is 5.75 Å². The number of hydrogen-bond acceptors (Lipinski definition) is 4. The van der Waals surface area contributed by atoms with Crippen molar-refractivity contribution in [1.82, 2.24) is 10.6 Å². The molecule has 24 heavy (non-hydrogen) atoms. The molecule has 2 rings (SSSR count). The molecule has 128 valence electrons. The van der Waals surface area contributed by atoms with Gasteiger partial charge in [0.15, 0.2) is 0 Å². The minimum Gasteiger partial charge on any atom is -0.493 e. The normalized spacial score (nSPS) is 10.5. The van der Waals surface area contributed by atoms with Crippen molar-refractivity contribution in [3.05, 3.63) is 54.0 Å². The number of furan rings is 1. The highest BCUT2D eigenvalue weighted by atomic mass is 16.5. The third-order valence-corrected chi connectivity index (χ3v) is 3.13. The van der Waals surface area contributed by atoms with Gasteiger partial charge >= 0.3 is 0 Å². The standard InChI is InChI=1S/C18H22N2O4/c1-13(2)12-24-15-6-3-5-14(9-15)18(22)20-11-17(21)19-10-16-7-4-8-23-16/h3-9,13H,10-12H2,1-2H3,(H,19,21)(H,20,22). The molecule has 2 aromatic rings. The van der Waals surface area contributed by atoms with Crippen LogP contribution in [0.1, 0.15) is 30.0 Å². The van der Waals surface area contributed by atoms with E-state index in [1.165, 1.54) is 6.26 Å². The Hall–Kier alpha value is -2.76. The van der Waals surface area contributed by atoms with E-state index in [1.54, 1.807) is 36.4 Å². The fourth-order valence-corrected chi connectivity index (χ4v) is 1.91. The van der Waals surface area contributed by atoms with Crippen molar-refractivity contribution in [2.24, 2.45) is 5.92 Å². The average molecular weight is 330 g/mol. The summed E-state index contributed by atoms with van der Waals surface area (Å²) >= 11 is 0. The van der Waals surface area contributed by atoms with E-state index in [4.69, 9.17) is 9.15 Å². The first kappa shape index (κ1) is 17.6. The lowest BCUT2D eigenvalue weighted by Crippen LogP contribution is -2.36. The van der Waals surface area contributed by atoms with Crippen LogP contribution in [0.5, 0.6) is 5.75 Å². The van der Waals surface area contributed by atoms with Crippen LogP contribution < -0.4 is 15.4 Å². The molecule has 0 saturated heterocycles. The molecule has 1 aromatic carbocycles. The third-order valence-electron chi connectivity index (χ3n) is 3.13. The molecule has 1 aromatic heterocycles. The maximum absolute atomic E-state index is 12.1. The number of rotatable bonds is 8. The first-order valence-electron chi connectivity index (χ1n) is 7.84. The molecule has 0 bridgehead atoms. The Kier molecular flexibility index (Phi) is 6.42. The minimum absolute atomic E-state index is 0.101. The molecule has 0 fully saturated rings. The van der Waals surface area contributed by atoms with Crippen molar-refractivity contribution in [2.75, 3.05) is 13.2 Å². The molecule has 2 N–H and O–H groups in total. The number of hydrogen-bond donors (Lipinski definition) is 2. The maximum atomic E-state index is 12.1. The molecule has 2 amide bonds. The lowest BCUT2D eigenvalue weighted by atomic mass is 10.2. The van der Waals surface area contributed by atoms with Crippen LogP contribution in [0.2, 0.25) is 0 Å². The van der Waals surface area contributed by atoms with Gasteiger partial charge in [0.25, 0.3) is 5.91 Å². The predicted molar refractivity (Wildman–Crippen MR) is 89.7 cm³/mol. The number of carbonyl (C=O) groups is 2. The molecule has 0 aliphatic carbocycles. The molecule has 0 spiro atoms. The van der Waals surface area contributed by atoms with Gasteiger partial charge in [-0.25, -0.2) is 0 Å². The molecule has 0 radical (unpaired) electrons. The van der Waals surface area contributed by atoms with Crippen molar-refractivity contribution in [2.45, 2.75) is 20.4 Å². The topological polar surface area (TPSA) is 80.6 Å². The minimum atomic E-state index is -0.321. The molecule has 0 aliphatic heterocycles. The number of nitrogens with one attached hydrogen (secondary N) is 2. The first-order chi connectivity index (χ1) is 11.5. The number of benzene rings is 1. The molecule has 6 nitrogen and oxygen atoms in total. The lowest BCUT2D eigenvalue weighted by Gasteiger charge is -2.10. The molecule has 0 aliphatic rings. The van der Waals surface area contributed by atoms with E-state index in [0.717, 1.165) is 0 Å². The van der Waals surface area contributed by atoms with Crippen LogP contribution in [0.15, 0.2) is 47.1 Å². The van der Waals surface area contributed by atoms with Crippen LogP contribution in [0.3, 0.4) is 0 Å². The van der Waals surface area contributed by atoms with Gasteiger partial charge in [0.1, 0.15) is 11.5 Å². The number of ether oxygens (including phenoxy) is 1. The van der Waals surface area contributed by atoms with Crippen LogP contribution in [-0.2, 0) is 11.3 Å². The quantitative estimate of drug-likeness (QED) is 0.778. The second-order valence-corrected chi connectivity index (χ2v) is 5.77. The van der Waals surface area contributed by atoms with Gasteiger partial charge in [-0.3, -0.25) is 9.59 Å². The summed E-state index contributed by atoms with van der Waals surface area (Å²) in [5.41, 5.74) is 0.454. The molecule has 0 unspecified atom stereocenters. The van der Waals surface area contributed by atoms with E-state index in [2.05, 4.69) is 24.5 Å². The van der Waals surface area contributed by atoms with Gasteiger partial charge in [-0.2, -0.15) is 0 Å². The fourth-order valence-electron chi connectivity index (χ4n) is 1.91. The van der Waals surface area contributed by atoms with Crippen LogP contribution >= 0.6 is 0 Å². The smallest absolute Gasteiger partial charge is 0.251 e. The van der Waals surface area contributed by atoms with Crippen molar-refractivity contribution < 1.29 is 18.7 Å². The second kappa shape index (κ2) is 8.76. The zero-order chi connectivity index (χ0) is 17.4. The summed E-state index contributed by atoms with van der Waals surface area (Å²) in [6, 6.07) is 10.4. The van der Waals surface area contributed by atoms with Crippen molar-refractivity contribution >= 4 is 11.8 Å². The van der Waals surface area contributed by atoms with Crippen LogP contribution in [0.4, 0.5) is 0 Å². The monoisotopic (exact) mass is 330 g/mol. The Bertz CT molecular complexity index is 665. The van der Waals surface area contributed by atoms with Crippen molar-refractivity contribution in [1.29, 1.82) is 0 Å². The molecular weight excluding hydrogens is 308 g/mol. The van der Waals surface area contributed by atoms with E-state index in [9.17, 15) is 9.59 Å². The Morgan fingerprint density at radius 2 is 2.00 bits per heavy atom. The van der Waals surface area contributed by atoms with Gasteiger partial charge in [-0.1, -0.05) is 19.9 Å². The Balaban J connectivity index is 1.79. The van der Waals surface area contributed by atoms with E-state index in [1.807, 2.05) is 0 Å². The molecular formula is C18H22N2O4. The molecule has 1 heterocycles. The summed E-state index contributed by atoms with van der Waals surface area (Å²) in [5.74, 6) is 1.09. The Morgan fingerprint density at radius 1 is 1.17 bits per heavy atom. The largest absolute Gasteiger partial charge is 0.493 e. The second-order valence-electron chi connectivity index (χ2n) is 5.77. The summed E-state index contributed by atoms with van der Waals surface area (Å²) in [7, 11) is 0. The van der Waals surface area contributed by atoms with Gasteiger partial charge < -0.3 is 19.8 Å². The van der Waals surface area contributed by atoms with Gasteiger partial charge in [0.05, 0.1) is 26.0 Å². The van der Waals surface area contributed by atoms with Crippen LogP contribution in [0.25, 0.3) is 0 Å². The number of amides is 2. The van der Waals surface area contributed by atoms with Gasteiger partial charge in [-0.05, 0) is 36.2 Å². The predicted octanol–water partition coefficient (Wildman–Crippen LogP) is 2.36. The first-order valence-corrected chi connectivity index (χ1v) is 7.84. The van der Waals surface area contributed by atoms with E-state index >= 15 is 0 Å². The highest BCUT2D eigenvalue weighted by Gasteiger charge is 2.09. The van der Waals surface area contributed by atoms with E-state index in [-0.39, 0.29) is 18.4 Å².